The summed E-state index contributed by atoms with van der Waals surface area (Å²) in [4.78, 5) is 29.0. The Labute approximate surface area is 268 Å². The zero-order valence-electron chi connectivity index (χ0n) is 24.8. The molecule has 7 nitrogen and oxygen atoms in total. The number of carbonyl (C=O) groups excluding carboxylic acids is 1. The molecule has 4 aromatic rings. The summed E-state index contributed by atoms with van der Waals surface area (Å²) in [5, 5.41) is 13.2. The van der Waals surface area contributed by atoms with Gasteiger partial charge in [0.25, 0.3) is 5.91 Å². The number of ether oxygens (including phenoxy) is 1. The van der Waals surface area contributed by atoms with Crippen LogP contribution in [-0.2, 0) is 24.4 Å². The fraction of sp³-hybridized carbons (Fsp3) is 0.286. The molecule has 0 saturated heterocycles. The van der Waals surface area contributed by atoms with Gasteiger partial charge in [0.05, 0.1) is 22.3 Å². The van der Waals surface area contributed by atoms with E-state index in [1.54, 1.807) is 36.4 Å². The van der Waals surface area contributed by atoms with Crippen LogP contribution in [0.2, 0.25) is 10.0 Å². The zero-order valence-corrected chi connectivity index (χ0v) is 26.3. The zero-order chi connectivity index (χ0) is 31.5. The van der Waals surface area contributed by atoms with Gasteiger partial charge in [-0.25, -0.2) is 9.78 Å². The summed E-state index contributed by atoms with van der Waals surface area (Å²) >= 11 is 12.7. The molecule has 228 valence electrons. The minimum atomic E-state index is -0.964. The van der Waals surface area contributed by atoms with Crippen LogP contribution in [0.4, 0.5) is 0 Å². The maximum Gasteiger partial charge on any atom is 0.335 e. The molecule has 0 bridgehead atoms. The SMILES string of the molecule is CCCC#CC(=O)N[C@@H](Cc1ccc(OCc2ccc(C(=O)O)cc2)cc1)c1nc(-c2ccc(Cl)cc2Cl)cn1CCCC. The van der Waals surface area contributed by atoms with E-state index in [0.29, 0.717) is 40.9 Å². The van der Waals surface area contributed by atoms with Gasteiger partial charge in [-0.05, 0) is 78.8 Å². The predicted octanol–water partition coefficient (Wildman–Crippen LogP) is 8.14. The molecule has 0 radical (unpaired) electrons. The lowest BCUT2D eigenvalue weighted by Crippen LogP contribution is -2.31. The molecule has 1 heterocycles. The van der Waals surface area contributed by atoms with E-state index in [1.807, 2.05) is 43.5 Å². The van der Waals surface area contributed by atoms with Crippen molar-refractivity contribution in [2.24, 2.45) is 0 Å². The number of unbranched alkanes of at least 4 members (excludes halogenated alkanes) is 2. The van der Waals surface area contributed by atoms with Gasteiger partial charge in [0.1, 0.15) is 18.2 Å². The summed E-state index contributed by atoms with van der Waals surface area (Å²) in [7, 11) is 0. The number of imidazole rings is 1. The third-order valence-corrected chi connectivity index (χ3v) is 7.48. The highest BCUT2D eigenvalue weighted by Gasteiger charge is 2.23. The second-order valence-corrected chi connectivity index (χ2v) is 11.2. The Morgan fingerprint density at radius 3 is 2.39 bits per heavy atom. The average Bonchev–Trinajstić information content (AvgIpc) is 3.43. The van der Waals surface area contributed by atoms with Gasteiger partial charge in [-0.2, -0.15) is 0 Å². The van der Waals surface area contributed by atoms with Gasteiger partial charge in [0.2, 0.25) is 0 Å². The second kappa shape index (κ2) is 16.0. The molecule has 1 aromatic heterocycles. The highest BCUT2D eigenvalue weighted by atomic mass is 35.5. The minimum Gasteiger partial charge on any atom is -0.489 e. The van der Waals surface area contributed by atoms with Crippen LogP contribution in [0.1, 0.15) is 72.9 Å². The number of aryl methyl sites for hydroxylation is 1. The Morgan fingerprint density at radius 1 is 1.00 bits per heavy atom. The first-order valence-electron chi connectivity index (χ1n) is 14.6. The number of hydrogen-bond acceptors (Lipinski definition) is 4. The van der Waals surface area contributed by atoms with Crippen LogP contribution in [-0.4, -0.2) is 26.5 Å². The van der Waals surface area contributed by atoms with Crippen molar-refractivity contribution in [3.8, 4) is 28.8 Å². The Bertz CT molecular complexity index is 1640. The third-order valence-electron chi connectivity index (χ3n) is 6.93. The van der Waals surface area contributed by atoms with Crippen molar-refractivity contribution < 1.29 is 19.4 Å². The number of carboxylic acid groups (broad SMARTS) is 1. The second-order valence-electron chi connectivity index (χ2n) is 10.4. The van der Waals surface area contributed by atoms with Crippen LogP contribution in [0.3, 0.4) is 0 Å². The predicted molar refractivity (Wildman–Crippen MR) is 174 cm³/mol. The fourth-order valence-electron chi connectivity index (χ4n) is 4.58. The number of carbonyl (C=O) groups is 2. The molecule has 3 aromatic carbocycles. The van der Waals surface area contributed by atoms with Crippen molar-refractivity contribution >= 4 is 35.1 Å². The number of halogens is 2. The Morgan fingerprint density at radius 2 is 1.73 bits per heavy atom. The number of amides is 1. The monoisotopic (exact) mass is 631 g/mol. The molecule has 0 spiro atoms. The van der Waals surface area contributed by atoms with Crippen molar-refractivity contribution in [3.05, 3.63) is 105 Å². The molecule has 1 amide bonds. The molecule has 0 unspecified atom stereocenters. The lowest BCUT2D eigenvalue weighted by Gasteiger charge is -2.19. The fourth-order valence-corrected chi connectivity index (χ4v) is 5.08. The molecule has 4 rings (SSSR count). The summed E-state index contributed by atoms with van der Waals surface area (Å²) < 4.78 is 8.00. The molecule has 0 saturated carbocycles. The van der Waals surface area contributed by atoms with Gasteiger partial charge in [-0.1, -0.05) is 73.7 Å². The van der Waals surface area contributed by atoms with E-state index in [0.717, 1.165) is 48.3 Å². The van der Waals surface area contributed by atoms with E-state index in [-0.39, 0.29) is 11.5 Å². The van der Waals surface area contributed by atoms with Gasteiger partial charge < -0.3 is 19.7 Å². The topological polar surface area (TPSA) is 93.4 Å². The van der Waals surface area contributed by atoms with Crippen LogP contribution in [0.15, 0.2) is 72.9 Å². The Kier molecular flexibility index (Phi) is 11.9. The van der Waals surface area contributed by atoms with Crippen molar-refractivity contribution in [2.45, 2.75) is 65.1 Å². The molecule has 0 aliphatic rings. The van der Waals surface area contributed by atoms with Gasteiger partial charge in [0, 0.05) is 29.7 Å². The molecule has 0 aliphatic heterocycles. The maximum atomic E-state index is 12.9. The average molecular weight is 633 g/mol. The Balaban J connectivity index is 1.58. The number of nitrogens with one attached hydrogen (secondary N) is 1. The molecule has 2 N–H and O–H groups in total. The lowest BCUT2D eigenvalue weighted by atomic mass is 10.0. The first-order chi connectivity index (χ1) is 21.3. The van der Waals surface area contributed by atoms with Gasteiger partial charge >= 0.3 is 5.97 Å². The summed E-state index contributed by atoms with van der Waals surface area (Å²) in [6.07, 6.45) is 5.92. The van der Waals surface area contributed by atoms with Crippen LogP contribution in [0.5, 0.6) is 5.75 Å². The minimum absolute atomic E-state index is 0.231. The van der Waals surface area contributed by atoms with Gasteiger partial charge in [-0.3, -0.25) is 4.79 Å². The van der Waals surface area contributed by atoms with Crippen LogP contribution in [0, 0.1) is 11.8 Å². The van der Waals surface area contributed by atoms with E-state index in [4.69, 9.17) is 38.0 Å². The van der Waals surface area contributed by atoms with Crippen LogP contribution in [0.25, 0.3) is 11.3 Å². The van der Waals surface area contributed by atoms with Crippen molar-refractivity contribution in [1.82, 2.24) is 14.9 Å². The van der Waals surface area contributed by atoms with E-state index < -0.39 is 12.0 Å². The molecule has 44 heavy (non-hydrogen) atoms. The quantitative estimate of drug-likeness (QED) is 0.145. The third kappa shape index (κ3) is 9.12. The van der Waals surface area contributed by atoms with Gasteiger partial charge in [-0.15, -0.1) is 0 Å². The molecule has 1 atom stereocenters. The lowest BCUT2D eigenvalue weighted by molar-refractivity contribution is -0.116. The summed E-state index contributed by atoms with van der Waals surface area (Å²) in [6, 6.07) is 19.1. The molecule has 9 heteroatoms. The largest absolute Gasteiger partial charge is 0.489 e. The van der Waals surface area contributed by atoms with Crippen molar-refractivity contribution in [2.75, 3.05) is 0 Å². The highest BCUT2D eigenvalue weighted by Crippen LogP contribution is 2.32. The highest BCUT2D eigenvalue weighted by molar-refractivity contribution is 6.36. The normalized spacial score (nSPS) is 11.4. The number of aromatic nitrogens is 2. The number of aromatic carboxylic acids is 1. The van der Waals surface area contributed by atoms with E-state index >= 15 is 0 Å². The van der Waals surface area contributed by atoms with Crippen molar-refractivity contribution in [1.29, 1.82) is 0 Å². The van der Waals surface area contributed by atoms with E-state index in [1.165, 1.54) is 0 Å². The number of benzene rings is 3. The summed E-state index contributed by atoms with van der Waals surface area (Å²) in [5.41, 5.74) is 3.54. The number of carboxylic acids is 1. The number of nitrogens with zero attached hydrogens (tertiary/aromatic N) is 2. The smallest absolute Gasteiger partial charge is 0.335 e. The standard InChI is InChI=1S/C35H35Cl2N3O4/c1-3-5-7-8-33(41)38-31(34-39-32(22-40(34)19-6-4-2)29-18-15-27(36)21-30(29)37)20-24-11-16-28(17-12-24)44-23-25-9-13-26(14-10-25)35(42)43/h9-18,21-22,31H,3-6,19-20,23H2,1-2H3,(H,38,41)(H,42,43)/t31-/m0/s1. The maximum absolute atomic E-state index is 12.9. The molecular formula is C35H35Cl2N3O4. The van der Waals surface area contributed by atoms with E-state index in [2.05, 4.69) is 28.6 Å². The first kappa shape index (κ1) is 32.7. The molecular weight excluding hydrogens is 597 g/mol. The molecule has 0 fully saturated rings. The summed E-state index contributed by atoms with van der Waals surface area (Å²) in [6.45, 7) is 5.19. The number of rotatable bonds is 13. The number of hydrogen-bond donors (Lipinski definition) is 2. The summed E-state index contributed by atoms with van der Waals surface area (Å²) in [5.74, 6) is 5.71. The van der Waals surface area contributed by atoms with Crippen LogP contribution < -0.4 is 10.1 Å². The van der Waals surface area contributed by atoms with E-state index in [9.17, 15) is 9.59 Å². The first-order valence-corrected chi connectivity index (χ1v) is 15.4. The van der Waals surface area contributed by atoms with Crippen LogP contribution >= 0.6 is 23.2 Å². The Hall–Kier alpha value is -4.25. The van der Waals surface area contributed by atoms with Gasteiger partial charge in [0.15, 0.2) is 0 Å². The molecule has 0 aliphatic carbocycles. The van der Waals surface area contributed by atoms with Crippen molar-refractivity contribution in [3.63, 3.8) is 0 Å².